The summed E-state index contributed by atoms with van der Waals surface area (Å²) in [4.78, 5) is 11.6. The maximum Gasteiger partial charge on any atom is 0.158 e. The lowest BCUT2D eigenvalue weighted by molar-refractivity contribution is -0.119. The molecule has 1 unspecified atom stereocenters. The molecule has 0 fully saturated rings. The lowest BCUT2D eigenvalue weighted by atomic mass is 9.84. The van der Waals surface area contributed by atoms with E-state index in [4.69, 9.17) is 6.42 Å². The van der Waals surface area contributed by atoms with Crippen molar-refractivity contribution in [3.63, 3.8) is 0 Å². The number of rotatable bonds is 4. The molecule has 76 valence electrons. The van der Waals surface area contributed by atoms with Gasteiger partial charge >= 0.3 is 0 Å². The first-order valence-electron chi connectivity index (χ1n) is 5.44. The van der Waals surface area contributed by atoms with Crippen LogP contribution in [0.1, 0.15) is 45.4 Å². The van der Waals surface area contributed by atoms with Gasteiger partial charge in [0, 0.05) is 12.3 Å². The number of unbranched alkanes of at least 4 members (excludes halogenated alkanes) is 1. The Morgan fingerprint density at radius 1 is 1.64 bits per heavy atom. The monoisotopic (exact) mass is 190 g/mol. The van der Waals surface area contributed by atoms with Crippen LogP contribution in [-0.2, 0) is 4.79 Å². The second kappa shape index (κ2) is 5.65. The Hall–Kier alpha value is -1.03. The van der Waals surface area contributed by atoms with Gasteiger partial charge in [-0.05, 0) is 38.2 Å². The van der Waals surface area contributed by atoms with Crippen molar-refractivity contribution in [2.24, 2.45) is 5.92 Å². The third-order valence-corrected chi connectivity index (χ3v) is 2.89. The average Bonchev–Trinajstić information content (AvgIpc) is 2.20. The molecule has 0 saturated carbocycles. The normalized spacial score (nSPS) is 21.6. The van der Waals surface area contributed by atoms with Crippen LogP contribution in [0.2, 0.25) is 0 Å². The highest BCUT2D eigenvalue weighted by Crippen LogP contribution is 2.26. The Morgan fingerprint density at radius 3 is 3.00 bits per heavy atom. The van der Waals surface area contributed by atoms with E-state index in [9.17, 15) is 4.79 Å². The Kier molecular flexibility index (Phi) is 4.46. The average molecular weight is 190 g/mol. The number of ketones is 1. The molecule has 1 aliphatic carbocycles. The third-order valence-electron chi connectivity index (χ3n) is 2.89. The summed E-state index contributed by atoms with van der Waals surface area (Å²) in [5, 5.41) is 0. The van der Waals surface area contributed by atoms with E-state index in [0.717, 1.165) is 38.5 Å². The van der Waals surface area contributed by atoms with Gasteiger partial charge in [-0.25, -0.2) is 0 Å². The molecule has 0 aromatic rings. The quantitative estimate of drug-likeness (QED) is 0.492. The summed E-state index contributed by atoms with van der Waals surface area (Å²) in [6.45, 7) is 2.11. The standard InChI is InChI=1S/C13H18O/c1-3-5-6-7-12-9-8-11(4-2)10-13(12)14/h1,10,12H,4-9H2,2H3. The zero-order valence-electron chi connectivity index (χ0n) is 8.88. The van der Waals surface area contributed by atoms with Gasteiger partial charge in [0.1, 0.15) is 0 Å². The predicted molar refractivity (Wildman–Crippen MR) is 58.8 cm³/mol. The van der Waals surface area contributed by atoms with Crippen molar-refractivity contribution < 1.29 is 4.79 Å². The summed E-state index contributed by atoms with van der Waals surface area (Å²) in [6.07, 6.45) is 12.9. The molecule has 0 aromatic heterocycles. The van der Waals surface area contributed by atoms with Crippen LogP contribution in [0, 0.1) is 18.3 Å². The largest absolute Gasteiger partial charge is 0.295 e. The molecule has 1 atom stereocenters. The number of carbonyl (C=O) groups is 1. The predicted octanol–water partition coefficient (Wildman–Crippen LogP) is 3.11. The summed E-state index contributed by atoms with van der Waals surface area (Å²) >= 11 is 0. The van der Waals surface area contributed by atoms with Gasteiger partial charge in [-0.15, -0.1) is 12.3 Å². The van der Waals surface area contributed by atoms with E-state index in [1.54, 1.807) is 0 Å². The summed E-state index contributed by atoms with van der Waals surface area (Å²) in [6, 6.07) is 0. The van der Waals surface area contributed by atoms with Crippen molar-refractivity contribution in [3.8, 4) is 12.3 Å². The lowest BCUT2D eigenvalue weighted by Gasteiger charge is -2.19. The Labute approximate surface area is 86.6 Å². The minimum atomic E-state index is 0.249. The fourth-order valence-corrected chi connectivity index (χ4v) is 1.91. The highest BCUT2D eigenvalue weighted by Gasteiger charge is 2.20. The highest BCUT2D eigenvalue weighted by atomic mass is 16.1. The van der Waals surface area contributed by atoms with E-state index in [-0.39, 0.29) is 5.92 Å². The van der Waals surface area contributed by atoms with Gasteiger partial charge in [0.2, 0.25) is 0 Å². The van der Waals surface area contributed by atoms with Crippen LogP contribution in [-0.4, -0.2) is 5.78 Å². The molecule has 0 aliphatic heterocycles. The van der Waals surface area contributed by atoms with E-state index in [0.29, 0.717) is 5.78 Å². The first kappa shape index (κ1) is 11.0. The molecule has 0 N–H and O–H groups in total. The molecule has 0 bridgehead atoms. The van der Waals surface area contributed by atoms with Crippen LogP contribution in [0.4, 0.5) is 0 Å². The summed E-state index contributed by atoms with van der Waals surface area (Å²) in [5.41, 5.74) is 1.31. The van der Waals surface area contributed by atoms with Crippen molar-refractivity contribution in [1.29, 1.82) is 0 Å². The maximum absolute atomic E-state index is 11.6. The maximum atomic E-state index is 11.6. The Bertz CT molecular complexity index is 267. The molecule has 0 spiro atoms. The molecular formula is C13H18O. The van der Waals surface area contributed by atoms with Gasteiger partial charge in [0.05, 0.1) is 0 Å². The van der Waals surface area contributed by atoms with Gasteiger partial charge < -0.3 is 0 Å². The van der Waals surface area contributed by atoms with Crippen molar-refractivity contribution in [2.75, 3.05) is 0 Å². The van der Waals surface area contributed by atoms with Gasteiger partial charge in [-0.3, -0.25) is 4.79 Å². The molecular weight excluding hydrogens is 172 g/mol. The smallest absolute Gasteiger partial charge is 0.158 e. The Balaban J connectivity index is 2.40. The number of terminal acetylenes is 1. The minimum Gasteiger partial charge on any atom is -0.295 e. The number of carbonyl (C=O) groups excluding carboxylic acids is 1. The number of allylic oxidation sites excluding steroid dienone is 2. The summed E-state index contributed by atoms with van der Waals surface area (Å²) in [5.74, 6) is 3.19. The second-order valence-electron chi connectivity index (χ2n) is 3.89. The van der Waals surface area contributed by atoms with Crippen LogP contribution in [0.3, 0.4) is 0 Å². The van der Waals surface area contributed by atoms with Crippen LogP contribution in [0.25, 0.3) is 0 Å². The van der Waals surface area contributed by atoms with Crippen molar-refractivity contribution in [2.45, 2.75) is 45.4 Å². The zero-order valence-corrected chi connectivity index (χ0v) is 8.88. The minimum absolute atomic E-state index is 0.249. The van der Waals surface area contributed by atoms with Crippen LogP contribution < -0.4 is 0 Å². The molecule has 0 heterocycles. The van der Waals surface area contributed by atoms with Gasteiger partial charge in [-0.1, -0.05) is 12.5 Å². The molecule has 14 heavy (non-hydrogen) atoms. The van der Waals surface area contributed by atoms with E-state index in [2.05, 4.69) is 12.8 Å². The number of hydrogen-bond acceptors (Lipinski definition) is 1. The molecule has 0 amide bonds. The van der Waals surface area contributed by atoms with Crippen LogP contribution in [0.5, 0.6) is 0 Å². The molecule has 1 heteroatoms. The van der Waals surface area contributed by atoms with E-state index >= 15 is 0 Å². The molecule has 1 rings (SSSR count). The van der Waals surface area contributed by atoms with Crippen molar-refractivity contribution in [1.82, 2.24) is 0 Å². The summed E-state index contributed by atoms with van der Waals surface area (Å²) < 4.78 is 0. The van der Waals surface area contributed by atoms with E-state index in [1.165, 1.54) is 5.57 Å². The Morgan fingerprint density at radius 2 is 2.43 bits per heavy atom. The number of hydrogen-bond donors (Lipinski definition) is 0. The first-order chi connectivity index (χ1) is 6.77. The second-order valence-corrected chi connectivity index (χ2v) is 3.89. The van der Waals surface area contributed by atoms with Crippen molar-refractivity contribution >= 4 is 5.78 Å². The first-order valence-corrected chi connectivity index (χ1v) is 5.44. The SMILES string of the molecule is C#CCCCC1CCC(CC)=CC1=O. The third kappa shape index (κ3) is 3.03. The molecule has 0 aromatic carbocycles. The van der Waals surface area contributed by atoms with E-state index < -0.39 is 0 Å². The van der Waals surface area contributed by atoms with Gasteiger partial charge in [-0.2, -0.15) is 0 Å². The topological polar surface area (TPSA) is 17.1 Å². The van der Waals surface area contributed by atoms with Crippen LogP contribution >= 0.6 is 0 Å². The molecule has 1 aliphatic rings. The van der Waals surface area contributed by atoms with Gasteiger partial charge in [0.25, 0.3) is 0 Å². The van der Waals surface area contributed by atoms with Crippen LogP contribution in [0.15, 0.2) is 11.6 Å². The molecule has 0 saturated heterocycles. The highest BCUT2D eigenvalue weighted by molar-refractivity contribution is 5.93. The fraction of sp³-hybridized carbons (Fsp3) is 0.615. The molecule has 1 nitrogen and oxygen atoms in total. The zero-order chi connectivity index (χ0) is 10.4. The fourth-order valence-electron chi connectivity index (χ4n) is 1.91. The molecule has 0 radical (unpaired) electrons. The van der Waals surface area contributed by atoms with E-state index in [1.807, 2.05) is 6.08 Å². The lowest BCUT2D eigenvalue weighted by Crippen LogP contribution is -2.17. The van der Waals surface area contributed by atoms with Gasteiger partial charge in [0.15, 0.2) is 5.78 Å². The summed E-state index contributed by atoms with van der Waals surface area (Å²) in [7, 11) is 0. The van der Waals surface area contributed by atoms with Crippen molar-refractivity contribution in [3.05, 3.63) is 11.6 Å².